The normalized spacial score (nSPS) is 10.4. The Labute approximate surface area is 168 Å². The van der Waals surface area contributed by atoms with Gasteiger partial charge in [-0.15, -0.1) is 0 Å². The van der Waals surface area contributed by atoms with Crippen LogP contribution in [0.15, 0.2) is 78.9 Å². The average Bonchev–Trinajstić information content (AvgIpc) is 2.75. The van der Waals surface area contributed by atoms with Crippen molar-refractivity contribution >= 4 is 17.3 Å². The van der Waals surface area contributed by atoms with Crippen molar-refractivity contribution in [2.24, 2.45) is 0 Å². The van der Waals surface area contributed by atoms with Crippen LogP contribution in [0.2, 0.25) is 0 Å². The Morgan fingerprint density at radius 3 is 2.28 bits per heavy atom. The molecular weight excluding hydrogens is 366 g/mol. The Balaban J connectivity index is 1.55. The second-order valence-electron chi connectivity index (χ2n) is 6.16. The van der Waals surface area contributed by atoms with Gasteiger partial charge >= 0.3 is 6.01 Å². The summed E-state index contributed by atoms with van der Waals surface area (Å²) < 4.78 is 11.0. The highest BCUT2D eigenvalue weighted by molar-refractivity contribution is 5.63. The first kappa shape index (κ1) is 18.2. The maximum atomic E-state index is 5.87. The Hall–Kier alpha value is -4.13. The van der Waals surface area contributed by atoms with Gasteiger partial charge in [-0.25, -0.2) is 0 Å². The van der Waals surface area contributed by atoms with E-state index in [1.54, 1.807) is 12.1 Å². The molecule has 4 aromatic rings. The molecule has 3 aromatic carbocycles. The van der Waals surface area contributed by atoms with Crippen molar-refractivity contribution in [3.05, 3.63) is 78.9 Å². The molecule has 1 heterocycles. The Morgan fingerprint density at radius 1 is 0.793 bits per heavy atom. The molecule has 3 N–H and O–H groups in total. The summed E-state index contributed by atoms with van der Waals surface area (Å²) in [6, 6.07) is 24.7. The number of benzene rings is 3. The van der Waals surface area contributed by atoms with E-state index in [4.69, 9.17) is 15.2 Å². The standard InChI is InChI=1S/C22H19N5O2/c1-28-22-26-20(15-6-5-7-16(23)14-15)25-21(27-22)24-17-10-12-19(13-11-17)29-18-8-3-2-4-9-18/h2-14H,23H2,1H3,(H,24,25,26,27). The third-order valence-corrected chi connectivity index (χ3v) is 4.03. The van der Waals surface area contributed by atoms with Crippen LogP contribution < -0.4 is 20.5 Å². The Bertz CT molecular complexity index is 1100. The molecular formula is C22H19N5O2. The van der Waals surface area contributed by atoms with Crippen LogP contribution in [0.3, 0.4) is 0 Å². The van der Waals surface area contributed by atoms with Gasteiger partial charge in [0.25, 0.3) is 0 Å². The Kier molecular flexibility index (Phi) is 5.20. The van der Waals surface area contributed by atoms with Gasteiger partial charge in [-0.05, 0) is 48.5 Å². The van der Waals surface area contributed by atoms with E-state index in [-0.39, 0.29) is 6.01 Å². The van der Waals surface area contributed by atoms with Gasteiger partial charge in [0, 0.05) is 16.9 Å². The predicted molar refractivity (Wildman–Crippen MR) is 112 cm³/mol. The summed E-state index contributed by atoms with van der Waals surface area (Å²) in [5.41, 5.74) is 8.08. The van der Waals surface area contributed by atoms with Crippen molar-refractivity contribution in [3.63, 3.8) is 0 Å². The van der Waals surface area contributed by atoms with Gasteiger partial charge in [-0.1, -0.05) is 30.3 Å². The molecule has 7 heteroatoms. The van der Waals surface area contributed by atoms with Crippen LogP contribution in [0, 0.1) is 0 Å². The highest BCUT2D eigenvalue weighted by atomic mass is 16.5. The zero-order valence-corrected chi connectivity index (χ0v) is 15.7. The third kappa shape index (κ3) is 4.59. The number of methoxy groups -OCH3 is 1. The fourth-order valence-corrected chi connectivity index (χ4v) is 2.67. The number of rotatable bonds is 6. The molecule has 7 nitrogen and oxygen atoms in total. The molecule has 0 amide bonds. The molecule has 0 aliphatic heterocycles. The van der Waals surface area contributed by atoms with E-state index in [1.807, 2.05) is 66.7 Å². The minimum Gasteiger partial charge on any atom is -0.467 e. The highest BCUT2D eigenvalue weighted by Gasteiger charge is 2.10. The zero-order chi connectivity index (χ0) is 20.1. The number of nitrogens with two attached hydrogens (primary N) is 1. The molecule has 0 bridgehead atoms. The maximum absolute atomic E-state index is 5.87. The lowest BCUT2D eigenvalue weighted by molar-refractivity contribution is 0.379. The molecule has 0 radical (unpaired) electrons. The maximum Gasteiger partial charge on any atom is 0.321 e. The van der Waals surface area contributed by atoms with Gasteiger partial charge < -0.3 is 20.5 Å². The van der Waals surface area contributed by atoms with Crippen molar-refractivity contribution in [2.45, 2.75) is 0 Å². The van der Waals surface area contributed by atoms with Crippen LogP contribution in [0.25, 0.3) is 11.4 Å². The predicted octanol–water partition coefficient (Wildman–Crippen LogP) is 4.67. The summed E-state index contributed by atoms with van der Waals surface area (Å²) in [5, 5.41) is 3.17. The first-order chi connectivity index (χ1) is 14.2. The van der Waals surface area contributed by atoms with E-state index in [0.29, 0.717) is 17.5 Å². The lowest BCUT2D eigenvalue weighted by Gasteiger charge is -2.10. The van der Waals surface area contributed by atoms with E-state index in [1.165, 1.54) is 7.11 Å². The van der Waals surface area contributed by atoms with E-state index in [2.05, 4.69) is 20.3 Å². The quantitative estimate of drug-likeness (QED) is 0.466. The number of nitrogens with one attached hydrogen (secondary N) is 1. The Morgan fingerprint density at radius 2 is 1.55 bits per heavy atom. The van der Waals surface area contributed by atoms with Gasteiger partial charge in [-0.2, -0.15) is 15.0 Å². The van der Waals surface area contributed by atoms with Gasteiger partial charge in [0.05, 0.1) is 7.11 Å². The molecule has 0 saturated carbocycles. The zero-order valence-electron chi connectivity index (χ0n) is 15.7. The number of nitrogens with zero attached hydrogens (tertiary/aromatic N) is 3. The molecule has 0 fully saturated rings. The number of para-hydroxylation sites is 1. The number of aromatic nitrogens is 3. The largest absolute Gasteiger partial charge is 0.467 e. The van der Waals surface area contributed by atoms with E-state index >= 15 is 0 Å². The van der Waals surface area contributed by atoms with Gasteiger partial charge in [0.2, 0.25) is 5.95 Å². The second kappa shape index (κ2) is 8.26. The number of hydrogen-bond acceptors (Lipinski definition) is 7. The van der Waals surface area contributed by atoms with Crippen LogP contribution in [0.4, 0.5) is 17.3 Å². The molecule has 0 spiro atoms. The van der Waals surface area contributed by atoms with E-state index in [0.717, 1.165) is 22.7 Å². The number of ether oxygens (including phenoxy) is 2. The van der Waals surface area contributed by atoms with Crippen LogP contribution in [-0.4, -0.2) is 22.1 Å². The number of hydrogen-bond donors (Lipinski definition) is 2. The van der Waals surface area contributed by atoms with E-state index in [9.17, 15) is 0 Å². The topological polar surface area (TPSA) is 95.2 Å². The fraction of sp³-hybridized carbons (Fsp3) is 0.0455. The van der Waals surface area contributed by atoms with Crippen LogP contribution in [0.5, 0.6) is 17.5 Å². The molecule has 1 aromatic heterocycles. The van der Waals surface area contributed by atoms with Gasteiger partial charge in [0.1, 0.15) is 11.5 Å². The molecule has 29 heavy (non-hydrogen) atoms. The minimum atomic E-state index is 0.212. The molecule has 144 valence electrons. The summed E-state index contributed by atoms with van der Waals surface area (Å²) in [4.78, 5) is 13.1. The first-order valence-corrected chi connectivity index (χ1v) is 8.95. The lowest BCUT2D eigenvalue weighted by Crippen LogP contribution is -2.03. The van der Waals surface area contributed by atoms with Crippen LogP contribution >= 0.6 is 0 Å². The smallest absolute Gasteiger partial charge is 0.321 e. The summed E-state index contributed by atoms with van der Waals surface area (Å²) in [6.45, 7) is 0. The van der Waals surface area contributed by atoms with Crippen molar-refractivity contribution in [3.8, 4) is 28.9 Å². The third-order valence-electron chi connectivity index (χ3n) is 4.03. The SMILES string of the molecule is COc1nc(Nc2ccc(Oc3ccccc3)cc2)nc(-c2cccc(N)c2)n1. The average molecular weight is 385 g/mol. The van der Waals surface area contributed by atoms with Crippen molar-refractivity contribution < 1.29 is 9.47 Å². The van der Waals surface area contributed by atoms with Crippen molar-refractivity contribution in [2.75, 3.05) is 18.2 Å². The molecule has 0 atom stereocenters. The lowest BCUT2D eigenvalue weighted by atomic mass is 10.2. The summed E-state index contributed by atoms with van der Waals surface area (Å²) in [6.07, 6.45) is 0. The summed E-state index contributed by atoms with van der Waals surface area (Å²) >= 11 is 0. The number of anilines is 3. The molecule has 0 saturated heterocycles. The summed E-state index contributed by atoms with van der Waals surface area (Å²) in [5.74, 6) is 2.35. The second-order valence-corrected chi connectivity index (χ2v) is 6.16. The molecule has 0 unspecified atom stereocenters. The van der Waals surface area contributed by atoms with Gasteiger partial charge in [-0.3, -0.25) is 0 Å². The summed E-state index contributed by atoms with van der Waals surface area (Å²) in [7, 11) is 1.51. The highest BCUT2D eigenvalue weighted by Crippen LogP contribution is 2.25. The van der Waals surface area contributed by atoms with Gasteiger partial charge in [0.15, 0.2) is 5.82 Å². The monoisotopic (exact) mass is 385 g/mol. The molecule has 4 rings (SSSR count). The first-order valence-electron chi connectivity index (χ1n) is 8.95. The molecule has 0 aliphatic carbocycles. The number of nitrogen functional groups attached to an aromatic ring is 1. The molecule has 0 aliphatic rings. The van der Waals surface area contributed by atoms with Crippen LogP contribution in [-0.2, 0) is 0 Å². The minimum absolute atomic E-state index is 0.212. The fourth-order valence-electron chi connectivity index (χ4n) is 2.67. The van der Waals surface area contributed by atoms with E-state index < -0.39 is 0 Å². The van der Waals surface area contributed by atoms with Crippen LogP contribution in [0.1, 0.15) is 0 Å². The van der Waals surface area contributed by atoms with Crippen molar-refractivity contribution in [1.82, 2.24) is 15.0 Å². The van der Waals surface area contributed by atoms with Crippen molar-refractivity contribution in [1.29, 1.82) is 0 Å².